The van der Waals surface area contributed by atoms with Crippen molar-refractivity contribution in [1.82, 2.24) is 10.6 Å². The first-order valence-corrected chi connectivity index (χ1v) is 9.99. The minimum absolute atomic E-state index is 0.0744. The molecular formula is C23H28FN3O2. The molecule has 1 aliphatic heterocycles. The second kappa shape index (κ2) is 9.07. The number of benzene rings is 2. The van der Waals surface area contributed by atoms with Crippen LogP contribution < -0.4 is 15.5 Å². The van der Waals surface area contributed by atoms with Crippen LogP contribution in [0.25, 0.3) is 0 Å². The molecule has 0 bridgehead atoms. The molecule has 2 amide bonds. The predicted octanol–water partition coefficient (Wildman–Crippen LogP) is 3.27. The molecule has 1 atom stereocenters. The van der Waals surface area contributed by atoms with Crippen LogP contribution in [0.3, 0.4) is 0 Å². The van der Waals surface area contributed by atoms with E-state index in [9.17, 15) is 14.0 Å². The lowest BCUT2D eigenvalue weighted by Gasteiger charge is -2.35. The fourth-order valence-electron chi connectivity index (χ4n) is 3.60. The molecule has 2 N–H and O–H groups in total. The predicted molar refractivity (Wildman–Crippen MR) is 113 cm³/mol. The summed E-state index contributed by atoms with van der Waals surface area (Å²) in [6.45, 7) is 7.10. The van der Waals surface area contributed by atoms with Gasteiger partial charge in [0.25, 0.3) is 5.91 Å². The van der Waals surface area contributed by atoms with E-state index in [1.54, 1.807) is 12.1 Å². The highest BCUT2D eigenvalue weighted by Crippen LogP contribution is 2.24. The van der Waals surface area contributed by atoms with Gasteiger partial charge in [0.05, 0.1) is 12.2 Å². The van der Waals surface area contributed by atoms with E-state index < -0.39 is 0 Å². The molecule has 0 spiro atoms. The molecule has 0 saturated carbocycles. The summed E-state index contributed by atoms with van der Waals surface area (Å²) in [5.41, 5.74) is 4.27. The zero-order valence-corrected chi connectivity index (χ0v) is 17.2. The van der Waals surface area contributed by atoms with E-state index in [1.807, 2.05) is 43.9 Å². The Morgan fingerprint density at radius 3 is 2.66 bits per heavy atom. The van der Waals surface area contributed by atoms with Gasteiger partial charge in [0.15, 0.2) is 0 Å². The number of rotatable bonds is 5. The zero-order chi connectivity index (χ0) is 21.0. The quantitative estimate of drug-likeness (QED) is 0.814. The van der Waals surface area contributed by atoms with Crippen molar-refractivity contribution in [3.63, 3.8) is 0 Å². The number of carbonyl (C=O) groups excluding carboxylic acids is 2. The maximum absolute atomic E-state index is 14.2. The van der Waals surface area contributed by atoms with Crippen molar-refractivity contribution in [1.29, 1.82) is 0 Å². The van der Waals surface area contributed by atoms with Crippen LogP contribution in [0.1, 0.15) is 39.9 Å². The molecule has 5 nitrogen and oxygen atoms in total. The Morgan fingerprint density at radius 2 is 1.90 bits per heavy atom. The number of nitrogens with zero attached hydrogens (tertiary/aromatic N) is 1. The topological polar surface area (TPSA) is 61.4 Å². The number of piperidine rings is 1. The highest BCUT2D eigenvalue weighted by Gasteiger charge is 2.23. The second-order valence-corrected chi connectivity index (χ2v) is 7.79. The van der Waals surface area contributed by atoms with Gasteiger partial charge in [0.2, 0.25) is 5.91 Å². The van der Waals surface area contributed by atoms with Gasteiger partial charge < -0.3 is 15.5 Å². The molecule has 1 heterocycles. The van der Waals surface area contributed by atoms with E-state index in [4.69, 9.17) is 0 Å². The summed E-state index contributed by atoms with van der Waals surface area (Å²) in [7, 11) is 0. The molecule has 0 radical (unpaired) electrons. The van der Waals surface area contributed by atoms with Crippen LogP contribution in [0.15, 0.2) is 36.4 Å². The Morgan fingerprint density at radius 1 is 1.10 bits per heavy atom. The molecule has 2 aromatic rings. The van der Waals surface area contributed by atoms with E-state index in [0.29, 0.717) is 17.8 Å². The third-order valence-corrected chi connectivity index (χ3v) is 5.41. The van der Waals surface area contributed by atoms with Crippen LogP contribution >= 0.6 is 0 Å². The maximum Gasteiger partial charge on any atom is 0.251 e. The summed E-state index contributed by atoms with van der Waals surface area (Å²) in [6.07, 6.45) is 1.70. The van der Waals surface area contributed by atoms with E-state index in [0.717, 1.165) is 36.1 Å². The molecule has 0 aliphatic carbocycles. The van der Waals surface area contributed by atoms with Crippen molar-refractivity contribution in [2.45, 2.75) is 39.7 Å². The van der Waals surface area contributed by atoms with Crippen LogP contribution in [0.2, 0.25) is 0 Å². The minimum Gasteiger partial charge on any atom is -0.367 e. The minimum atomic E-state index is -0.268. The average molecular weight is 397 g/mol. The molecule has 1 aliphatic rings. The van der Waals surface area contributed by atoms with Gasteiger partial charge in [-0.25, -0.2) is 4.39 Å². The molecule has 154 valence electrons. The van der Waals surface area contributed by atoms with E-state index >= 15 is 0 Å². The lowest BCUT2D eigenvalue weighted by Crippen LogP contribution is -2.50. The molecule has 1 unspecified atom stereocenters. The molecule has 1 saturated heterocycles. The molecule has 2 aromatic carbocycles. The second-order valence-electron chi connectivity index (χ2n) is 7.79. The Labute approximate surface area is 171 Å². The van der Waals surface area contributed by atoms with Crippen molar-refractivity contribution >= 4 is 17.5 Å². The standard InChI is InChI=1S/C23H28FN3O2/c1-15-6-9-20(24)21(11-15)27-10-4-5-19(14-27)26-22(28)13-25-23(29)18-8-7-16(2)17(3)12-18/h6-9,11-12,19H,4-5,10,13-14H2,1-3H3,(H,25,29)(H,26,28). The van der Waals surface area contributed by atoms with Crippen molar-refractivity contribution in [3.8, 4) is 0 Å². The molecule has 29 heavy (non-hydrogen) atoms. The molecule has 3 rings (SSSR count). The number of aryl methyl sites for hydroxylation is 3. The highest BCUT2D eigenvalue weighted by atomic mass is 19.1. The van der Waals surface area contributed by atoms with E-state index in [2.05, 4.69) is 10.6 Å². The fourth-order valence-corrected chi connectivity index (χ4v) is 3.60. The summed E-state index contributed by atoms with van der Waals surface area (Å²) < 4.78 is 14.2. The summed E-state index contributed by atoms with van der Waals surface area (Å²) >= 11 is 0. The maximum atomic E-state index is 14.2. The summed E-state index contributed by atoms with van der Waals surface area (Å²) in [6, 6.07) is 10.5. The van der Waals surface area contributed by atoms with Crippen LogP contribution in [-0.4, -0.2) is 37.5 Å². The van der Waals surface area contributed by atoms with Crippen LogP contribution in [0.4, 0.5) is 10.1 Å². The van der Waals surface area contributed by atoms with Crippen molar-refractivity contribution in [2.24, 2.45) is 0 Å². The third-order valence-electron chi connectivity index (χ3n) is 5.41. The van der Waals surface area contributed by atoms with Gasteiger partial charge >= 0.3 is 0 Å². The van der Waals surface area contributed by atoms with Crippen molar-refractivity contribution in [2.75, 3.05) is 24.5 Å². The van der Waals surface area contributed by atoms with Crippen molar-refractivity contribution in [3.05, 3.63) is 64.5 Å². The first-order valence-electron chi connectivity index (χ1n) is 9.99. The fraction of sp³-hybridized carbons (Fsp3) is 0.391. The van der Waals surface area contributed by atoms with Crippen molar-refractivity contribution < 1.29 is 14.0 Å². The largest absolute Gasteiger partial charge is 0.367 e. The smallest absolute Gasteiger partial charge is 0.251 e. The van der Waals surface area contributed by atoms with E-state index in [-0.39, 0.29) is 30.2 Å². The molecule has 1 fully saturated rings. The number of anilines is 1. The van der Waals surface area contributed by atoms with Gasteiger partial charge in [0.1, 0.15) is 5.82 Å². The Bertz CT molecular complexity index is 913. The third kappa shape index (κ3) is 5.34. The number of carbonyl (C=O) groups is 2. The number of halogens is 1. The van der Waals surface area contributed by atoms with E-state index in [1.165, 1.54) is 6.07 Å². The molecular weight excluding hydrogens is 369 g/mol. The van der Waals surface area contributed by atoms with Gasteiger partial charge in [-0.1, -0.05) is 12.1 Å². The molecule has 0 aromatic heterocycles. The molecule has 6 heteroatoms. The van der Waals surface area contributed by atoms with Gasteiger partial charge in [-0.2, -0.15) is 0 Å². The SMILES string of the molecule is Cc1ccc(F)c(N2CCCC(NC(=O)CNC(=O)c3ccc(C)c(C)c3)C2)c1. The van der Waals surface area contributed by atoms with Gasteiger partial charge in [-0.3, -0.25) is 9.59 Å². The lowest BCUT2D eigenvalue weighted by atomic mass is 10.0. The first kappa shape index (κ1) is 20.8. The number of hydrogen-bond acceptors (Lipinski definition) is 3. The van der Waals surface area contributed by atoms with Gasteiger partial charge in [0, 0.05) is 24.7 Å². The van der Waals surface area contributed by atoms with Crippen LogP contribution in [0, 0.1) is 26.6 Å². The van der Waals surface area contributed by atoms with Crippen LogP contribution in [-0.2, 0) is 4.79 Å². The Kier molecular flexibility index (Phi) is 6.52. The number of hydrogen-bond donors (Lipinski definition) is 2. The monoisotopic (exact) mass is 397 g/mol. The zero-order valence-electron chi connectivity index (χ0n) is 17.2. The normalized spacial score (nSPS) is 16.4. The Hall–Kier alpha value is -2.89. The van der Waals surface area contributed by atoms with Gasteiger partial charge in [-0.05, 0) is 74.6 Å². The lowest BCUT2D eigenvalue weighted by molar-refractivity contribution is -0.120. The first-order chi connectivity index (χ1) is 13.8. The van der Waals surface area contributed by atoms with Crippen LogP contribution in [0.5, 0.6) is 0 Å². The highest BCUT2D eigenvalue weighted by molar-refractivity contribution is 5.96. The number of amides is 2. The summed E-state index contributed by atoms with van der Waals surface area (Å²) in [5, 5.41) is 5.63. The Balaban J connectivity index is 1.53. The number of nitrogens with one attached hydrogen (secondary N) is 2. The average Bonchev–Trinajstić information content (AvgIpc) is 2.70. The summed E-state index contributed by atoms with van der Waals surface area (Å²) in [5.74, 6) is -0.752. The summed E-state index contributed by atoms with van der Waals surface area (Å²) in [4.78, 5) is 26.6. The van der Waals surface area contributed by atoms with Gasteiger partial charge in [-0.15, -0.1) is 0 Å².